The topological polar surface area (TPSA) is 99.4 Å². The summed E-state index contributed by atoms with van der Waals surface area (Å²) in [4.78, 5) is 15.3. The molecule has 1 aromatic rings. The van der Waals surface area contributed by atoms with Crippen LogP contribution in [0.5, 0.6) is 0 Å². The lowest BCUT2D eigenvalue weighted by atomic mass is 10.3. The van der Waals surface area contributed by atoms with E-state index in [4.69, 9.17) is 10.5 Å². The van der Waals surface area contributed by atoms with Crippen molar-refractivity contribution in [1.29, 1.82) is 0 Å². The highest BCUT2D eigenvalue weighted by Gasteiger charge is 2.10. The smallest absolute Gasteiger partial charge is 0.356 e. The van der Waals surface area contributed by atoms with Gasteiger partial charge in [0, 0.05) is 5.75 Å². The fourth-order valence-electron chi connectivity index (χ4n) is 1.19. The quantitative estimate of drug-likeness (QED) is 0.602. The highest BCUT2D eigenvalue weighted by Crippen LogP contribution is 2.03. The van der Waals surface area contributed by atoms with Crippen LogP contribution in [0.1, 0.15) is 23.8 Å². The fourth-order valence-corrected chi connectivity index (χ4v) is 2.03. The van der Waals surface area contributed by atoms with Crippen molar-refractivity contribution in [3.8, 4) is 0 Å². The van der Waals surface area contributed by atoms with Crippen molar-refractivity contribution in [2.75, 3.05) is 23.8 Å². The van der Waals surface area contributed by atoms with Gasteiger partial charge in [-0.1, -0.05) is 6.92 Å². The first-order valence-corrected chi connectivity index (χ1v) is 7.36. The van der Waals surface area contributed by atoms with Gasteiger partial charge in [0.15, 0.2) is 0 Å². The average Bonchev–Trinajstić information content (AvgIpc) is 2.35. The van der Waals surface area contributed by atoms with Crippen LogP contribution < -0.4 is 5.73 Å². The van der Waals surface area contributed by atoms with Gasteiger partial charge in [0.2, 0.25) is 0 Å². The third-order valence-corrected chi connectivity index (χ3v) is 4.06. The van der Waals surface area contributed by atoms with Crippen LogP contribution >= 0.6 is 0 Å². The molecule has 0 fully saturated rings. The summed E-state index contributed by atoms with van der Waals surface area (Å²) in [6.07, 6.45) is 1.65. The van der Waals surface area contributed by atoms with E-state index in [0.717, 1.165) is 0 Å². The Labute approximate surface area is 106 Å². The third kappa shape index (κ3) is 4.70. The number of nitrogen functional groups attached to an aromatic ring is 1. The lowest BCUT2D eigenvalue weighted by Crippen LogP contribution is -2.13. The number of hydrogen-bond acceptors (Lipinski definition) is 6. The standard InChI is InChI=1S/C11H16N2O4S/c1-2-18(15,16)7-3-6-17-11(14)10-5-4-9(12)8-13-10/h4-5,8H,2-3,6-7,12H2,1H3. The number of nitrogens with zero attached hydrogens (tertiary/aromatic N) is 1. The number of esters is 1. The van der Waals surface area contributed by atoms with Crippen LogP contribution in [-0.4, -0.2) is 37.5 Å². The number of nitrogens with two attached hydrogens (primary N) is 1. The molecule has 0 aliphatic rings. The number of ether oxygens (including phenoxy) is 1. The van der Waals surface area contributed by atoms with Gasteiger partial charge in [-0.2, -0.15) is 0 Å². The second kappa shape index (κ2) is 6.34. The summed E-state index contributed by atoms with van der Waals surface area (Å²) in [5.74, 6) is -0.462. The number of hydrogen-bond donors (Lipinski definition) is 1. The predicted molar refractivity (Wildman–Crippen MR) is 67.9 cm³/mol. The van der Waals surface area contributed by atoms with E-state index in [1.54, 1.807) is 13.0 Å². The Bertz CT molecular complexity index is 496. The summed E-state index contributed by atoms with van der Waals surface area (Å²) in [7, 11) is -3.01. The third-order valence-electron chi connectivity index (χ3n) is 2.27. The first-order valence-electron chi connectivity index (χ1n) is 5.53. The van der Waals surface area contributed by atoms with Crippen LogP contribution in [0.25, 0.3) is 0 Å². The summed E-state index contributed by atoms with van der Waals surface area (Å²) in [5.41, 5.74) is 6.04. The van der Waals surface area contributed by atoms with Gasteiger partial charge >= 0.3 is 5.97 Å². The Morgan fingerprint density at radius 3 is 2.72 bits per heavy atom. The molecule has 0 spiro atoms. The summed E-state index contributed by atoms with van der Waals surface area (Å²) in [5, 5.41) is 0. The van der Waals surface area contributed by atoms with Crippen LogP contribution in [0.2, 0.25) is 0 Å². The lowest BCUT2D eigenvalue weighted by molar-refractivity contribution is 0.0499. The van der Waals surface area contributed by atoms with E-state index in [9.17, 15) is 13.2 Å². The molecule has 18 heavy (non-hydrogen) atoms. The van der Waals surface area contributed by atoms with Crippen LogP contribution in [0.15, 0.2) is 18.3 Å². The van der Waals surface area contributed by atoms with Gasteiger partial charge in [-0.15, -0.1) is 0 Å². The maximum atomic E-state index is 11.5. The SMILES string of the molecule is CCS(=O)(=O)CCCOC(=O)c1ccc(N)cn1. The molecule has 1 rings (SSSR count). The molecule has 1 aromatic heterocycles. The number of carbonyl (C=O) groups is 1. The van der Waals surface area contributed by atoms with E-state index in [1.165, 1.54) is 12.3 Å². The maximum Gasteiger partial charge on any atom is 0.356 e. The highest BCUT2D eigenvalue weighted by atomic mass is 32.2. The summed E-state index contributed by atoms with van der Waals surface area (Å²) in [6.45, 7) is 1.64. The minimum Gasteiger partial charge on any atom is -0.461 e. The van der Waals surface area contributed by atoms with E-state index in [2.05, 4.69) is 4.98 Å². The van der Waals surface area contributed by atoms with E-state index >= 15 is 0 Å². The molecular formula is C11H16N2O4S. The molecule has 0 aliphatic heterocycles. The first-order chi connectivity index (χ1) is 8.44. The van der Waals surface area contributed by atoms with Crippen LogP contribution in [-0.2, 0) is 14.6 Å². The van der Waals surface area contributed by atoms with Crippen molar-refractivity contribution in [2.45, 2.75) is 13.3 Å². The normalized spacial score (nSPS) is 11.2. The Morgan fingerprint density at radius 2 is 2.17 bits per heavy atom. The van der Waals surface area contributed by atoms with E-state index in [0.29, 0.717) is 5.69 Å². The molecular weight excluding hydrogens is 256 g/mol. The number of sulfone groups is 1. The maximum absolute atomic E-state index is 11.5. The molecule has 0 aliphatic carbocycles. The van der Waals surface area contributed by atoms with Crippen molar-refractivity contribution in [3.05, 3.63) is 24.0 Å². The van der Waals surface area contributed by atoms with Gasteiger partial charge in [-0.3, -0.25) is 0 Å². The van der Waals surface area contributed by atoms with E-state index in [1.807, 2.05) is 0 Å². The predicted octanol–water partition coefficient (Wildman–Crippen LogP) is 0.645. The Kier molecular flexibility index (Phi) is 5.08. The van der Waals surface area contributed by atoms with Crippen LogP contribution in [0.4, 0.5) is 5.69 Å². The number of anilines is 1. The van der Waals surface area contributed by atoms with Gasteiger partial charge in [-0.05, 0) is 18.6 Å². The largest absolute Gasteiger partial charge is 0.461 e. The molecule has 0 unspecified atom stereocenters. The van der Waals surface area contributed by atoms with Crippen LogP contribution in [0.3, 0.4) is 0 Å². The molecule has 0 saturated carbocycles. The zero-order valence-electron chi connectivity index (χ0n) is 10.1. The van der Waals surface area contributed by atoms with Crippen molar-refractivity contribution in [3.63, 3.8) is 0 Å². The van der Waals surface area contributed by atoms with E-state index < -0.39 is 15.8 Å². The number of pyridine rings is 1. The molecule has 0 atom stereocenters. The van der Waals surface area contributed by atoms with E-state index in [-0.39, 0.29) is 30.2 Å². The zero-order chi connectivity index (χ0) is 13.6. The molecule has 0 bridgehead atoms. The van der Waals surface area contributed by atoms with Crippen molar-refractivity contribution in [1.82, 2.24) is 4.98 Å². The summed E-state index contributed by atoms with van der Waals surface area (Å²) < 4.78 is 27.3. The van der Waals surface area contributed by atoms with Gasteiger partial charge in [-0.25, -0.2) is 18.2 Å². The molecule has 0 radical (unpaired) electrons. The Balaban J connectivity index is 2.36. The number of rotatable bonds is 6. The number of carbonyl (C=O) groups excluding carboxylic acids is 1. The molecule has 0 saturated heterocycles. The summed E-state index contributed by atoms with van der Waals surface area (Å²) >= 11 is 0. The molecule has 1 heterocycles. The Morgan fingerprint density at radius 1 is 1.44 bits per heavy atom. The molecule has 6 nitrogen and oxygen atoms in total. The molecule has 2 N–H and O–H groups in total. The van der Waals surface area contributed by atoms with Crippen LogP contribution in [0, 0.1) is 0 Å². The average molecular weight is 272 g/mol. The van der Waals surface area contributed by atoms with Crippen molar-refractivity contribution >= 4 is 21.5 Å². The molecule has 7 heteroatoms. The zero-order valence-corrected chi connectivity index (χ0v) is 10.9. The fraction of sp³-hybridized carbons (Fsp3) is 0.455. The molecule has 0 aromatic carbocycles. The van der Waals surface area contributed by atoms with Gasteiger partial charge in [0.25, 0.3) is 0 Å². The first kappa shape index (κ1) is 14.4. The lowest BCUT2D eigenvalue weighted by Gasteiger charge is -2.04. The van der Waals surface area contributed by atoms with Crippen molar-refractivity contribution < 1.29 is 17.9 Å². The second-order valence-electron chi connectivity index (χ2n) is 3.70. The van der Waals surface area contributed by atoms with Gasteiger partial charge in [0.05, 0.1) is 24.2 Å². The second-order valence-corrected chi connectivity index (χ2v) is 6.18. The molecule has 100 valence electrons. The Hall–Kier alpha value is -1.63. The van der Waals surface area contributed by atoms with Gasteiger partial charge in [0.1, 0.15) is 15.5 Å². The highest BCUT2D eigenvalue weighted by molar-refractivity contribution is 7.91. The summed E-state index contributed by atoms with van der Waals surface area (Å²) in [6, 6.07) is 3.01. The minimum atomic E-state index is -3.01. The van der Waals surface area contributed by atoms with Gasteiger partial charge < -0.3 is 10.5 Å². The minimum absolute atomic E-state index is 0.0198. The monoisotopic (exact) mass is 272 g/mol. The van der Waals surface area contributed by atoms with Crippen molar-refractivity contribution in [2.24, 2.45) is 0 Å². The molecule has 0 amide bonds. The number of aromatic nitrogens is 1.